The van der Waals surface area contributed by atoms with Crippen LogP contribution in [-0.4, -0.2) is 22.6 Å². The monoisotopic (exact) mass is 450 g/mol. The number of rotatable bonds is 10. The number of nitrogens with two attached hydrogens (primary N) is 1. The minimum atomic E-state index is -0.179. The summed E-state index contributed by atoms with van der Waals surface area (Å²) >= 11 is 6.13. The van der Waals surface area contributed by atoms with Crippen molar-refractivity contribution < 1.29 is 0 Å². The molecule has 5 heteroatoms. The first-order chi connectivity index (χ1) is 15.3. The van der Waals surface area contributed by atoms with E-state index in [2.05, 4.69) is 62.3 Å². The molecule has 0 saturated carbocycles. The van der Waals surface area contributed by atoms with E-state index in [1.54, 1.807) is 0 Å². The summed E-state index contributed by atoms with van der Waals surface area (Å²) < 4.78 is 0. The van der Waals surface area contributed by atoms with Gasteiger partial charge < -0.3 is 11.1 Å². The van der Waals surface area contributed by atoms with E-state index in [4.69, 9.17) is 22.3 Å². The second kappa shape index (κ2) is 11.0. The lowest BCUT2D eigenvalue weighted by molar-refractivity contribution is 0.454. The zero-order valence-corrected chi connectivity index (χ0v) is 20.4. The predicted molar refractivity (Wildman–Crippen MR) is 134 cm³/mol. The largest absolute Gasteiger partial charge is 0.330 e. The third kappa shape index (κ3) is 6.16. The third-order valence-electron chi connectivity index (χ3n) is 6.21. The number of halogens is 1. The van der Waals surface area contributed by atoms with E-state index in [0.29, 0.717) is 6.54 Å². The predicted octanol–water partition coefficient (Wildman–Crippen LogP) is 5.51. The fourth-order valence-corrected chi connectivity index (χ4v) is 4.36. The van der Waals surface area contributed by atoms with Gasteiger partial charge in [0.2, 0.25) is 0 Å². The molecule has 0 radical (unpaired) electrons. The van der Waals surface area contributed by atoms with Crippen LogP contribution in [0.3, 0.4) is 0 Å². The van der Waals surface area contributed by atoms with Crippen molar-refractivity contribution in [2.75, 3.05) is 6.54 Å². The highest BCUT2D eigenvalue weighted by atomic mass is 35.5. The molecule has 3 rings (SSSR count). The molecule has 0 fully saturated rings. The summed E-state index contributed by atoms with van der Waals surface area (Å²) in [5.41, 5.74) is 12.7. The molecule has 0 amide bonds. The molecule has 0 aliphatic rings. The topological polar surface area (TPSA) is 63.8 Å². The standard InChI is InChI=1S/C27H35ClN4/c1-19-15-20(2)26(32-17-19)18-31-23(7-5-13-29)16-25-24(8-6-14-30-25)27(3,4)21-9-11-22(28)12-10-21/h6,8-12,14-15,17,23,31H,5,7,13,16,18,29H2,1-4H3. The highest BCUT2D eigenvalue weighted by Crippen LogP contribution is 2.34. The van der Waals surface area contributed by atoms with E-state index in [1.807, 2.05) is 30.6 Å². The van der Waals surface area contributed by atoms with Gasteiger partial charge in [0.05, 0.1) is 5.69 Å². The van der Waals surface area contributed by atoms with Crippen LogP contribution in [0, 0.1) is 13.8 Å². The van der Waals surface area contributed by atoms with Crippen LogP contribution in [-0.2, 0) is 18.4 Å². The quantitative estimate of drug-likeness (QED) is 0.427. The van der Waals surface area contributed by atoms with Gasteiger partial charge in [-0.15, -0.1) is 0 Å². The van der Waals surface area contributed by atoms with Crippen molar-refractivity contribution in [2.24, 2.45) is 5.73 Å². The maximum atomic E-state index is 6.13. The lowest BCUT2D eigenvalue weighted by Crippen LogP contribution is -2.33. The summed E-state index contributed by atoms with van der Waals surface area (Å²) in [4.78, 5) is 9.43. The van der Waals surface area contributed by atoms with Gasteiger partial charge in [-0.05, 0) is 73.7 Å². The number of hydrogen-bond acceptors (Lipinski definition) is 4. The van der Waals surface area contributed by atoms with E-state index < -0.39 is 0 Å². The molecular formula is C27H35ClN4. The lowest BCUT2D eigenvalue weighted by Gasteiger charge is -2.29. The van der Waals surface area contributed by atoms with Crippen molar-refractivity contribution in [1.29, 1.82) is 0 Å². The van der Waals surface area contributed by atoms with Crippen LogP contribution in [0.1, 0.15) is 60.3 Å². The smallest absolute Gasteiger partial charge is 0.0571 e. The Kier molecular flexibility index (Phi) is 8.41. The first-order valence-electron chi connectivity index (χ1n) is 11.4. The van der Waals surface area contributed by atoms with E-state index >= 15 is 0 Å². The number of benzene rings is 1. The number of aryl methyl sites for hydroxylation is 2. The summed E-state index contributed by atoms with van der Waals surface area (Å²) in [7, 11) is 0. The second-order valence-electron chi connectivity index (χ2n) is 9.12. The SMILES string of the molecule is Cc1cnc(CNC(CCCN)Cc2ncccc2C(C)(C)c2ccc(Cl)cc2)c(C)c1. The molecule has 2 heterocycles. The van der Waals surface area contributed by atoms with Gasteiger partial charge in [0.1, 0.15) is 0 Å². The van der Waals surface area contributed by atoms with Gasteiger partial charge in [-0.3, -0.25) is 9.97 Å². The van der Waals surface area contributed by atoms with Gasteiger partial charge in [0.25, 0.3) is 0 Å². The molecule has 2 aromatic heterocycles. The van der Waals surface area contributed by atoms with Crippen molar-refractivity contribution in [3.8, 4) is 0 Å². The molecule has 170 valence electrons. The van der Waals surface area contributed by atoms with Crippen LogP contribution in [0.2, 0.25) is 5.02 Å². The van der Waals surface area contributed by atoms with Gasteiger partial charge in [-0.1, -0.05) is 49.7 Å². The van der Waals surface area contributed by atoms with Gasteiger partial charge in [0.15, 0.2) is 0 Å². The van der Waals surface area contributed by atoms with Crippen LogP contribution < -0.4 is 11.1 Å². The van der Waals surface area contributed by atoms with Gasteiger partial charge in [-0.25, -0.2) is 0 Å². The molecule has 32 heavy (non-hydrogen) atoms. The Morgan fingerprint density at radius 1 is 1.06 bits per heavy atom. The fourth-order valence-electron chi connectivity index (χ4n) is 4.24. The average Bonchev–Trinajstić information content (AvgIpc) is 2.77. The Balaban J connectivity index is 1.82. The third-order valence-corrected chi connectivity index (χ3v) is 6.46. The Morgan fingerprint density at radius 2 is 1.81 bits per heavy atom. The van der Waals surface area contributed by atoms with E-state index in [1.165, 1.54) is 22.3 Å². The number of hydrogen-bond donors (Lipinski definition) is 2. The number of pyridine rings is 2. The summed E-state index contributed by atoms with van der Waals surface area (Å²) in [6, 6.07) is 14.8. The van der Waals surface area contributed by atoms with Crippen LogP contribution in [0.25, 0.3) is 0 Å². The number of nitrogens with one attached hydrogen (secondary N) is 1. The van der Waals surface area contributed by atoms with Gasteiger partial charge in [-0.2, -0.15) is 0 Å². The van der Waals surface area contributed by atoms with Crippen molar-refractivity contribution >= 4 is 11.6 Å². The average molecular weight is 451 g/mol. The second-order valence-corrected chi connectivity index (χ2v) is 9.56. The van der Waals surface area contributed by atoms with Crippen LogP contribution in [0.5, 0.6) is 0 Å². The van der Waals surface area contributed by atoms with Crippen molar-refractivity contribution in [1.82, 2.24) is 15.3 Å². The molecule has 0 bridgehead atoms. The normalized spacial score (nSPS) is 12.7. The maximum Gasteiger partial charge on any atom is 0.0571 e. The zero-order chi connectivity index (χ0) is 23.1. The lowest BCUT2D eigenvalue weighted by atomic mass is 9.76. The van der Waals surface area contributed by atoms with Gasteiger partial charge in [0, 0.05) is 47.5 Å². The zero-order valence-electron chi connectivity index (χ0n) is 19.7. The summed E-state index contributed by atoms with van der Waals surface area (Å²) in [5.74, 6) is 0. The molecule has 4 nitrogen and oxygen atoms in total. The van der Waals surface area contributed by atoms with Crippen molar-refractivity contribution in [3.05, 3.63) is 93.5 Å². The van der Waals surface area contributed by atoms with Crippen molar-refractivity contribution in [3.63, 3.8) is 0 Å². The van der Waals surface area contributed by atoms with Crippen LogP contribution in [0.4, 0.5) is 0 Å². The molecule has 3 N–H and O–H groups in total. The highest BCUT2D eigenvalue weighted by Gasteiger charge is 2.27. The number of aromatic nitrogens is 2. The minimum absolute atomic E-state index is 0.179. The minimum Gasteiger partial charge on any atom is -0.330 e. The van der Waals surface area contributed by atoms with Crippen LogP contribution in [0.15, 0.2) is 54.9 Å². The number of nitrogens with zero attached hydrogens (tertiary/aromatic N) is 2. The molecule has 1 aromatic carbocycles. The Hall–Kier alpha value is -2.27. The molecule has 0 aliphatic heterocycles. The first-order valence-corrected chi connectivity index (χ1v) is 11.7. The molecule has 0 spiro atoms. The molecular weight excluding hydrogens is 416 g/mol. The molecule has 1 atom stereocenters. The molecule has 0 saturated heterocycles. The van der Waals surface area contributed by atoms with E-state index in [0.717, 1.165) is 42.2 Å². The Morgan fingerprint density at radius 3 is 2.50 bits per heavy atom. The molecule has 3 aromatic rings. The molecule has 1 unspecified atom stereocenters. The summed E-state index contributed by atoms with van der Waals surface area (Å²) in [6.45, 7) is 10.1. The Bertz CT molecular complexity index is 1010. The maximum absolute atomic E-state index is 6.13. The van der Waals surface area contributed by atoms with E-state index in [9.17, 15) is 0 Å². The molecule has 0 aliphatic carbocycles. The Labute approximate surface area is 197 Å². The summed E-state index contributed by atoms with van der Waals surface area (Å²) in [5, 5.41) is 4.48. The summed E-state index contributed by atoms with van der Waals surface area (Å²) in [6.07, 6.45) is 6.64. The van der Waals surface area contributed by atoms with E-state index in [-0.39, 0.29) is 11.5 Å². The fraction of sp³-hybridized carbons (Fsp3) is 0.407. The highest BCUT2D eigenvalue weighted by molar-refractivity contribution is 6.30. The van der Waals surface area contributed by atoms with Crippen LogP contribution >= 0.6 is 11.6 Å². The first kappa shape index (κ1) is 24.4. The van der Waals surface area contributed by atoms with Crippen molar-refractivity contribution in [2.45, 2.75) is 65.0 Å². The van der Waals surface area contributed by atoms with Gasteiger partial charge >= 0.3 is 0 Å².